The molecule has 1 aliphatic heterocycles. The summed E-state index contributed by atoms with van der Waals surface area (Å²) in [7, 11) is 0. The molecule has 2 aromatic rings. The van der Waals surface area contributed by atoms with E-state index in [2.05, 4.69) is 0 Å². The van der Waals surface area contributed by atoms with Crippen molar-refractivity contribution in [2.45, 2.75) is 6.42 Å². The van der Waals surface area contributed by atoms with Gasteiger partial charge in [0.05, 0.1) is 6.42 Å². The summed E-state index contributed by atoms with van der Waals surface area (Å²) in [5.74, 6) is 0.573. The number of phenols is 1. The molecule has 130 valence electrons. The first-order valence-corrected chi connectivity index (χ1v) is 8.20. The van der Waals surface area contributed by atoms with Gasteiger partial charge in [-0.2, -0.15) is 0 Å². The number of para-hydroxylation sites is 2. The molecule has 1 saturated heterocycles. The normalized spacial score (nSPS) is 14.2. The van der Waals surface area contributed by atoms with Crippen LogP contribution in [0.3, 0.4) is 0 Å². The van der Waals surface area contributed by atoms with Gasteiger partial charge < -0.3 is 19.6 Å². The van der Waals surface area contributed by atoms with Crippen LogP contribution < -0.4 is 4.74 Å². The second-order valence-electron chi connectivity index (χ2n) is 5.85. The number of rotatable bonds is 3. The van der Waals surface area contributed by atoms with Crippen molar-refractivity contribution in [3.8, 4) is 11.5 Å². The molecule has 25 heavy (non-hydrogen) atoms. The van der Waals surface area contributed by atoms with E-state index in [1.54, 1.807) is 58.3 Å². The quantitative estimate of drug-likeness (QED) is 0.931. The first-order chi connectivity index (χ1) is 12.1. The van der Waals surface area contributed by atoms with Crippen LogP contribution in [-0.4, -0.2) is 53.1 Å². The predicted molar refractivity (Wildman–Crippen MR) is 92.4 cm³/mol. The summed E-state index contributed by atoms with van der Waals surface area (Å²) in [4.78, 5) is 27.8. The Balaban J connectivity index is 1.50. The van der Waals surface area contributed by atoms with E-state index in [0.29, 0.717) is 37.5 Å². The molecule has 1 aliphatic rings. The third kappa shape index (κ3) is 4.29. The van der Waals surface area contributed by atoms with Gasteiger partial charge in [0, 0.05) is 31.7 Å². The summed E-state index contributed by atoms with van der Waals surface area (Å²) in [6.07, 6.45) is -0.250. The van der Waals surface area contributed by atoms with Gasteiger partial charge in [-0.15, -0.1) is 0 Å². The number of benzene rings is 2. The van der Waals surface area contributed by atoms with E-state index in [0.717, 1.165) is 0 Å². The van der Waals surface area contributed by atoms with E-state index >= 15 is 0 Å². The number of carbonyl (C=O) groups is 2. The first-order valence-electron chi connectivity index (χ1n) is 8.20. The average molecular weight is 340 g/mol. The summed E-state index contributed by atoms with van der Waals surface area (Å²) < 4.78 is 5.31. The molecule has 0 radical (unpaired) electrons. The summed E-state index contributed by atoms with van der Waals surface area (Å²) >= 11 is 0. The summed E-state index contributed by atoms with van der Waals surface area (Å²) in [5.41, 5.74) is 0.610. The molecule has 1 heterocycles. The molecule has 6 nitrogen and oxygen atoms in total. The fourth-order valence-corrected chi connectivity index (χ4v) is 2.73. The maximum atomic E-state index is 12.4. The number of piperazine rings is 1. The minimum absolute atomic E-state index is 0.0578. The van der Waals surface area contributed by atoms with Gasteiger partial charge in [0.2, 0.25) is 5.91 Å². The highest BCUT2D eigenvalue weighted by molar-refractivity contribution is 5.80. The van der Waals surface area contributed by atoms with Crippen molar-refractivity contribution in [1.82, 2.24) is 9.80 Å². The van der Waals surface area contributed by atoms with E-state index in [1.165, 1.54) is 0 Å². The van der Waals surface area contributed by atoms with Crippen LogP contribution in [0.25, 0.3) is 0 Å². The van der Waals surface area contributed by atoms with E-state index in [1.807, 2.05) is 6.07 Å². The Kier molecular flexibility index (Phi) is 5.18. The zero-order valence-corrected chi connectivity index (χ0v) is 13.8. The molecule has 2 amide bonds. The Morgan fingerprint density at radius 2 is 1.48 bits per heavy atom. The van der Waals surface area contributed by atoms with Crippen LogP contribution in [0, 0.1) is 0 Å². The Labute approximate surface area is 146 Å². The number of nitrogens with zero attached hydrogens (tertiary/aromatic N) is 2. The smallest absolute Gasteiger partial charge is 0.415 e. The maximum Gasteiger partial charge on any atom is 0.415 e. The molecule has 0 aromatic heterocycles. The van der Waals surface area contributed by atoms with E-state index in [4.69, 9.17) is 4.74 Å². The lowest BCUT2D eigenvalue weighted by atomic mass is 10.1. The number of hydrogen-bond acceptors (Lipinski definition) is 4. The number of amides is 2. The number of carbonyl (C=O) groups excluding carboxylic acids is 2. The third-order valence-corrected chi connectivity index (χ3v) is 4.17. The van der Waals surface area contributed by atoms with Gasteiger partial charge >= 0.3 is 6.09 Å². The molecule has 0 atom stereocenters. The second-order valence-corrected chi connectivity index (χ2v) is 5.85. The van der Waals surface area contributed by atoms with Crippen molar-refractivity contribution >= 4 is 12.0 Å². The largest absolute Gasteiger partial charge is 0.508 e. The zero-order valence-electron chi connectivity index (χ0n) is 13.8. The van der Waals surface area contributed by atoms with Crippen molar-refractivity contribution in [2.24, 2.45) is 0 Å². The maximum absolute atomic E-state index is 12.4. The number of phenolic OH excluding ortho intramolecular Hbond substituents is 1. The fourth-order valence-electron chi connectivity index (χ4n) is 2.73. The van der Waals surface area contributed by atoms with Gasteiger partial charge in [-0.3, -0.25) is 4.79 Å². The second kappa shape index (κ2) is 7.70. The molecule has 2 aromatic carbocycles. The van der Waals surface area contributed by atoms with Crippen molar-refractivity contribution in [1.29, 1.82) is 0 Å². The SMILES string of the molecule is O=C(Cc1ccccc1O)N1CCN(C(=O)Oc2ccccc2)CC1. The highest BCUT2D eigenvalue weighted by Crippen LogP contribution is 2.18. The van der Waals surface area contributed by atoms with Gasteiger partial charge in [0.25, 0.3) is 0 Å². The minimum Gasteiger partial charge on any atom is -0.508 e. The van der Waals surface area contributed by atoms with Gasteiger partial charge in [-0.05, 0) is 18.2 Å². The van der Waals surface area contributed by atoms with Crippen LogP contribution in [0.1, 0.15) is 5.56 Å². The molecular weight excluding hydrogens is 320 g/mol. The lowest BCUT2D eigenvalue weighted by molar-refractivity contribution is -0.132. The van der Waals surface area contributed by atoms with E-state index in [9.17, 15) is 14.7 Å². The van der Waals surface area contributed by atoms with E-state index in [-0.39, 0.29) is 18.1 Å². The number of aromatic hydroxyl groups is 1. The molecular formula is C19H20N2O4. The van der Waals surface area contributed by atoms with Crippen molar-refractivity contribution in [3.63, 3.8) is 0 Å². The van der Waals surface area contributed by atoms with Crippen molar-refractivity contribution in [3.05, 3.63) is 60.2 Å². The summed E-state index contributed by atoms with van der Waals surface area (Å²) in [5, 5.41) is 9.77. The third-order valence-electron chi connectivity index (χ3n) is 4.17. The lowest BCUT2D eigenvalue weighted by Crippen LogP contribution is -2.51. The van der Waals surface area contributed by atoms with Crippen LogP contribution in [0.15, 0.2) is 54.6 Å². The molecule has 3 rings (SSSR count). The Hall–Kier alpha value is -3.02. The standard InChI is InChI=1S/C19H20N2O4/c22-17-9-5-4-6-15(17)14-18(23)20-10-12-21(13-11-20)19(24)25-16-7-2-1-3-8-16/h1-9,22H,10-14H2. The number of ether oxygens (including phenoxy) is 1. The van der Waals surface area contributed by atoms with Crippen LogP contribution >= 0.6 is 0 Å². The number of hydrogen-bond donors (Lipinski definition) is 1. The van der Waals surface area contributed by atoms with Gasteiger partial charge in [0.15, 0.2) is 0 Å². The van der Waals surface area contributed by atoms with E-state index < -0.39 is 6.09 Å². The molecule has 1 N–H and O–H groups in total. The molecule has 1 fully saturated rings. The zero-order chi connectivity index (χ0) is 17.6. The molecule has 0 bridgehead atoms. The predicted octanol–water partition coefficient (Wildman–Crippen LogP) is 2.28. The van der Waals surface area contributed by atoms with Gasteiger partial charge in [-0.1, -0.05) is 36.4 Å². The van der Waals surface area contributed by atoms with Crippen LogP contribution in [0.5, 0.6) is 11.5 Å². The summed E-state index contributed by atoms with van der Waals surface area (Å²) in [6, 6.07) is 15.7. The summed E-state index contributed by atoms with van der Waals surface area (Å²) in [6.45, 7) is 1.77. The average Bonchev–Trinajstić information content (AvgIpc) is 2.64. The van der Waals surface area contributed by atoms with Crippen molar-refractivity contribution in [2.75, 3.05) is 26.2 Å². The molecule has 0 saturated carbocycles. The van der Waals surface area contributed by atoms with Crippen LogP contribution in [0.4, 0.5) is 4.79 Å². The Morgan fingerprint density at radius 3 is 2.16 bits per heavy atom. The molecule has 0 spiro atoms. The van der Waals surface area contributed by atoms with Gasteiger partial charge in [-0.25, -0.2) is 4.79 Å². The highest BCUT2D eigenvalue weighted by Gasteiger charge is 2.25. The Bertz CT molecular complexity index is 740. The van der Waals surface area contributed by atoms with Crippen molar-refractivity contribution < 1.29 is 19.4 Å². The van der Waals surface area contributed by atoms with Crippen LogP contribution in [0.2, 0.25) is 0 Å². The topological polar surface area (TPSA) is 70.1 Å². The Morgan fingerprint density at radius 1 is 0.880 bits per heavy atom. The molecule has 0 unspecified atom stereocenters. The van der Waals surface area contributed by atoms with Crippen LogP contribution in [-0.2, 0) is 11.2 Å². The fraction of sp³-hybridized carbons (Fsp3) is 0.263. The minimum atomic E-state index is -0.404. The van der Waals surface area contributed by atoms with Gasteiger partial charge in [0.1, 0.15) is 11.5 Å². The lowest BCUT2D eigenvalue weighted by Gasteiger charge is -2.34. The molecule has 6 heteroatoms. The first kappa shape index (κ1) is 16.8. The highest BCUT2D eigenvalue weighted by atomic mass is 16.6. The monoisotopic (exact) mass is 340 g/mol. The molecule has 0 aliphatic carbocycles.